The van der Waals surface area contributed by atoms with Gasteiger partial charge in [-0.3, -0.25) is 4.79 Å². The van der Waals surface area contributed by atoms with E-state index in [0.717, 1.165) is 22.0 Å². The maximum absolute atomic E-state index is 12.2. The van der Waals surface area contributed by atoms with Crippen molar-refractivity contribution in [3.05, 3.63) is 75.7 Å². The van der Waals surface area contributed by atoms with Crippen molar-refractivity contribution in [1.82, 2.24) is 4.98 Å². The quantitative estimate of drug-likeness (QED) is 0.716. The third kappa shape index (κ3) is 4.68. The van der Waals surface area contributed by atoms with E-state index in [1.54, 1.807) is 24.3 Å². The van der Waals surface area contributed by atoms with Crippen molar-refractivity contribution in [3.63, 3.8) is 0 Å². The highest BCUT2D eigenvalue weighted by Gasteiger charge is 2.10. The zero-order valence-electron chi connectivity index (χ0n) is 14.2. The van der Waals surface area contributed by atoms with Crippen molar-refractivity contribution in [1.29, 1.82) is 5.26 Å². The number of rotatable bonds is 6. The summed E-state index contributed by atoms with van der Waals surface area (Å²) in [7, 11) is 0. The maximum Gasteiger partial charge on any atom is 0.231 e. The van der Waals surface area contributed by atoms with E-state index in [4.69, 9.17) is 10.00 Å². The number of hydrogen-bond acceptors (Lipinski definition) is 5. The zero-order valence-corrected chi connectivity index (χ0v) is 15.0. The summed E-state index contributed by atoms with van der Waals surface area (Å²) in [5, 5.41) is 14.4. The number of carbonyl (C=O) groups is 1. The second kappa shape index (κ2) is 8.28. The van der Waals surface area contributed by atoms with Gasteiger partial charge in [-0.25, -0.2) is 4.98 Å². The number of carbonyl (C=O) groups excluding carboxylic acids is 1. The van der Waals surface area contributed by atoms with Crippen LogP contribution in [0.3, 0.4) is 0 Å². The van der Waals surface area contributed by atoms with Gasteiger partial charge in [-0.1, -0.05) is 24.3 Å². The molecule has 1 aromatic heterocycles. The van der Waals surface area contributed by atoms with Gasteiger partial charge in [-0.05, 0) is 36.8 Å². The summed E-state index contributed by atoms with van der Waals surface area (Å²) >= 11 is 1.43. The topological polar surface area (TPSA) is 75.0 Å². The Bertz CT molecular complexity index is 959. The van der Waals surface area contributed by atoms with Crippen molar-refractivity contribution >= 4 is 22.9 Å². The van der Waals surface area contributed by atoms with Crippen LogP contribution in [-0.4, -0.2) is 10.9 Å². The minimum Gasteiger partial charge on any atom is -0.487 e. The number of anilines is 1. The number of thiazole rings is 1. The molecule has 0 atom stereocenters. The van der Waals surface area contributed by atoms with Gasteiger partial charge in [0, 0.05) is 11.1 Å². The first kappa shape index (κ1) is 17.6. The van der Waals surface area contributed by atoms with Gasteiger partial charge < -0.3 is 10.1 Å². The lowest BCUT2D eigenvalue weighted by Gasteiger charge is -2.06. The second-order valence-electron chi connectivity index (χ2n) is 5.70. The van der Waals surface area contributed by atoms with Gasteiger partial charge >= 0.3 is 0 Å². The van der Waals surface area contributed by atoms with Crippen LogP contribution >= 0.6 is 11.3 Å². The van der Waals surface area contributed by atoms with E-state index in [2.05, 4.69) is 16.4 Å². The smallest absolute Gasteiger partial charge is 0.231 e. The van der Waals surface area contributed by atoms with E-state index in [-0.39, 0.29) is 12.3 Å². The van der Waals surface area contributed by atoms with Crippen molar-refractivity contribution in [2.45, 2.75) is 20.0 Å². The Hall–Kier alpha value is -3.17. The molecule has 0 radical (unpaired) electrons. The fraction of sp³-hybridized carbons (Fsp3) is 0.150. The Labute approximate surface area is 155 Å². The highest BCUT2D eigenvalue weighted by Crippen LogP contribution is 2.18. The van der Waals surface area contributed by atoms with Crippen molar-refractivity contribution in [2.24, 2.45) is 0 Å². The molecule has 0 aliphatic heterocycles. The summed E-state index contributed by atoms with van der Waals surface area (Å²) in [6.07, 6.45) is 0.225. The van der Waals surface area contributed by atoms with Crippen LogP contribution in [0, 0.1) is 18.3 Å². The first-order valence-corrected chi connectivity index (χ1v) is 8.94. The minimum absolute atomic E-state index is 0.0946. The molecule has 1 amide bonds. The van der Waals surface area contributed by atoms with Crippen LogP contribution in [0.4, 0.5) is 5.69 Å². The molecule has 130 valence electrons. The number of nitriles is 1. The highest BCUT2D eigenvalue weighted by atomic mass is 32.1. The number of para-hydroxylation sites is 1. The highest BCUT2D eigenvalue weighted by molar-refractivity contribution is 7.09. The molecule has 3 rings (SSSR count). The summed E-state index contributed by atoms with van der Waals surface area (Å²) in [5.74, 6) is 0.527. The number of nitrogens with one attached hydrogen (secondary N) is 1. The molecular formula is C20H17N3O2S. The molecule has 0 spiro atoms. The van der Waals surface area contributed by atoms with Crippen LogP contribution in [0.15, 0.2) is 53.9 Å². The van der Waals surface area contributed by atoms with Gasteiger partial charge in [0.25, 0.3) is 0 Å². The number of aryl methyl sites for hydroxylation is 1. The molecule has 0 aliphatic rings. The third-order valence-corrected chi connectivity index (χ3v) is 4.58. The van der Waals surface area contributed by atoms with Crippen LogP contribution in [0.1, 0.15) is 21.8 Å². The standard InChI is InChI=1S/C20H17N3O2S/c1-14-5-2-3-8-18(14)23-19(24)10-20-22-16(13-26-20)12-25-17-7-4-6-15(9-17)11-21/h2-9,13H,10,12H2,1H3,(H,23,24). The first-order chi connectivity index (χ1) is 12.6. The van der Waals surface area contributed by atoms with E-state index in [9.17, 15) is 4.79 Å². The van der Waals surface area contributed by atoms with E-state index in [0.29, 0.717) is 17.9 Å². The minimum atomic E-state index is -0.0946. The van der Waals surface area contributed by atoms with Crippen LogP contribution in [0.25, 0.3) is 0 Å². The molecule has 0 saturated carbocycles. The van der Waals surface area contributed by atoms with Crippen molar-refractivity contribution in [2.75, 3.05) is 5.32 Å². The normalized spacial score (nSPS) is 10.2. The van der Waals surface area contributed by atoms with E-state index in [1.165, 1.54) is 11.3 Å². The molecule has 0 unspecified atom stereocenters. The van der Waals surface area contributed by atoms with E-state index in [1.807, 2.05) is 36.6 Å². The van der Waals surface area contributed by atoms with Crippen LogP contribution in [-0.2, 0) is 17.8 Å². The van der Waals surface area contributed by atoms with Crippen LogP contribution in [0.5, 0.6) is 5.75 Å². The second-order valence-corrected chi connectivity index (χ2v) is 6.64. The predicted molar refractivity (Wildman–Crippen MR) is 101 cm³/mol. The molecule has 0 fully saturated rings. The molecule has 0 bridgehead atoms. The van der Waals surface area contributed by atoms with Gasteiger partial charge in [0.2, 0.25) is 5.91 Å². The van der Waals surface area contributed by atoms with Gasteiger partial charge in [0.15, 0.2) is 0 Å². The number of aromatic nitrogens is 1. The van der Waals surface area contributed by atoms with Crippen molar-refractivity contribution < 1.29 is 9.53 Å². The van der Waals surface area contributed by atoms with Gasteiger partial charge in [0.05, 0.1) is 23.7 Å². The summed E-state index contributed by atoms with van der Waals surface area (Å²) < 4.78 is 5.66. The molecular weight excluding hydrogens is 346 g/mol. The molecule has 0 saturated heterocycles. The molecule has 2 aromatic carbocycles. The maximum atomic E-state index is 12.2. The van der Waals surface area contributed by atoms with Crippen LogP contribution < -0.4 is 10.1 Å². The fourth-order valence-electron chi connectivity index (χ4n) is 2.35. The van der Waals surface area contributed by atoms with Gasteiger partial charge in [-0.15, -0.1) is 11.3 Å². The molecule has 1 heterocycles. The third-order valence-electron chi connectivity index (χ3n) is 3.68. The monoisotopic (exact) mass is 363 g/mol. The summed E-state index contributed by atoms with van der Waals surface area (Å²) in [4.78, 5) is 16.6. The molecule has 26 heavy (non-hydrogen) atoms. The van der Waals surface area contributed by atoms with E-state index < -0.39 is 0 Å². The number of benzene rings is 2. The molecule has 6 heteroatoms. The first-order valence-electron chi connectivity index (χ1n) is 8.06. The van der Waals surface area contributed by atoms with Crippen LogP contribution in [0.2, 0.25) is 0 Å². The Morgan fingerprint density at radius 3 is 2.92 bits per heavy atom. The number of amides is 1. The summed E-state index contributed by atoms with van der Waals surface area (Å²) in [5.41, 5.74) is 3.15. The van der Waals surface area contributed by atoms with Gasteiger partial charge in [-0.2, -0.15) is 5.26 Å². The molecule has 1 N–H and O–H groups in total. The summed E-state index contributed by atoms with van der Waals surface area (Å²) in [6, 6.07) is 16.7. The lowest BCUT2D eigenvalue weighted by molar-refractivity contribution is -0.115. The number of hydrogen-bond donors (Lipinski definition) is 1. The molecule has 3 aromatic rings. The van der Waals surface area contributed by atoms with E-state index >= 15 is 0 Å². The summed E-state index contributed by atoms with van der Waals surface area (Å²) in [6.45, 7) is 2.25. The van der Waals surface area contributed by atoms with Crippen molar-refractivity contribution in [3.8, 4) is 11.8 Å². The average Bonchev–Trinajstić information content (AvgIpc) is 3.09. The lowest BCUT2D eigenvalue weighted by Crippen LogP contribution is -2.15. The lowest BCUT2D eigenvalue weighted by atomic mass is 10.2. The fourth-order valence-corrected chi connectivity index (χ4v) is 3.13. The Balaban J connectivity index is 1.55. The Morgan fingerprint density at radius 1 is 1.27 bits per heavy atom. The average molecular weight is 363 g/mol. The molecule has 0 aliphatic carbocycles. The largest absolute Gasteiger partial charge is 0.487 e. The SMILES string of the molecule is Cc1ccccc1NC(=O)Cc1nc(COc2cccc(C#N)c2)cs1. The number of ether oxygens (including phenoxy) is 1. The Morgan fingerprint density at radius 2 is 2.12 bits per heavy atom. The number of nitrogens with zero attached hydrogens (tertiary/aromatic N) is 2. The predicted octanol–water partition coefficient (Wildman–Crippen LogP) is 4.08. The Kier molecular flexibility index (Phi) is 5.62. The van der Waals surface area contributed by atoms with Gasteiger partial charge in [0.1, 0.15) is 17.4 Å². The molecule has 5 nitrogen and oxygen atoms in total. The zero-order chi connectivity index (χ0) is 18.4.